The Balaban J connectivity index is 2.13. The van der Waals surface area contributed by atoms with Gasteiger partial charge in [0.1, 0.15) is 5.69 Å². The maximum absolute atomic E-state index is 10.6. The number of hydrogen-bond donors (Lipinski definition) is 3. The Labute approximate surface area is 115 Å². The topological polar surface area (TPSA) is 114 Å². The lowest BCUT2D eigenvalue weighted by Crippen LogP contribution is -1.99. The van der Waals surface area contributed by atoms with Crippen LogP contribution < -0.4 is 11.5 Å². The zero-order chi connectivity index (χ0) is 14.5. The van der Waals surface area contributed by atoms with Gasteiger partial charge >= 0.3 is 5.97 Å². The first-order valence-electron chi connectivity index (χ1n) is 5.92. The van der Waals surface area contributed by atoms with Gasteiger partial charge in [-0.1, -0.05) is 12.1 Å². The van der Waals surface area contributed by atoms with Crippen molar-refractivity contribution in [2.24, 2.45) is 10.2 Å². The fraction of sp³-hybridized carbons (Fsp3) is 0.0714. The number of rotatable bonds is 4. The Hall–Kier alpha value is -2.89. The van der Waals surface area contributed by atoms with Gasteiger partial charge in [-0.2, -0.15) is 5.11 Å². The molecule has 0 aliphatic rings. The molecule has 0 bridgehead atoms. The summed E-state index contributed by atoms with van der Waals surface area (Å²) in [5, 5.41) is 16.8. The van der Waals surface area contributed by atoms with Crippen LogP contribution in [0.5, 0.6) is 0 Å². The number of nitrogens with two attached hydrogens (primary N) is 2. The molecule has 2 aromatic rings. The predicted molar refractivity (Wildman–Crippen MR) is 77.2 cm³/mol. The third-order valence-electron chi connectivity index (χ3n) is 2.62. The minimum atomic E-state index is -0.867. The fourth-order valence-corrected chi connectivity index (χ4v) is 1.63. The average molecular weight is 270 g/mol. The lowest BCUT2D eigenvalue weighted by atomic mass is 10.1. The molecular weight excluding hydrogens is 256 g/mol. The zero-order valence-corrected chi connectivity index (χ0v) is 10.7. The Morgan fingerprint density at radius 3 is 2.35 bits per heavy atom. The molecule has 0 saturated heterocycles. The molecule has 0 fully saturated rings. The Bertz CT molecular complexity index is 651. The highest BCUT2D eigenvalue weighted by Gasteiger charge is 2.00. The summed E-state index contributed by atoms with van der Waals surface area (Å²) >= 11 is 0. The number of carboxylic acid groups (broad SMARTS) is 1. The van der Waals surface area contributed by atoms with Crippen LogP contribution >= 0.6 is 0 Å². The monoisotopic (exact) mass is 270 g/mol. The van der Waals surface area contributed by atoms with Gasteiger partial charge in [0.15, 0.2) is 0 Å². The maximum atomic E-state index is 10.6. The van der Waals surface area contributed by atoms with Crippen molar-refractivity contribution in [3.05, 3.63) is 48.0 Å². The van der Waals surface area contributed by atoms with E-state index in [1.165, 1.54) is 0 Å². The number of azo groups is 1. The molecule has 0 saturated carbocycles. The summed E-state index contributed by atoms with van der Waals surface area (Å²) in [5.41, 5.74) is 14.2. The van der Waals surface area contributed by atoms with Crippen molar-refractivity contribution in [3.8, 4) is 0 Å². The molecular formula is C14H14N4O2. The molecule has 102 valence electrons. The van der Waals surface area contributed by atoms with Gasteiger partial charge in [0, 0.05) is 5.69 Å². The highest BCUT2D eigenvalue weighted by molar-refractivity contribution is 5.70. The summed E-state index contributed by atoms with van der Waals surface area (Å²) in [7, 11) is 0. The number of hydrogen-bond acceptors (Lipinski definition) is 5. The molecule has 0 spiro atoms. The van der Waals surface area contributed by atoms with Gasteiger partial charge in [-0.25, -0.2) is 0 Å². The molecule has 2 aromatic carbocycles. The highest BCUT2D eigenvalue weighted by Crippen LogP contribution is 2.26. The number of carboxylic acids is 1. The first-order chi connectivity index (χ1) is 9.54. The number of anilines is 2. The number of benzene rings is 2. The van der Waals surface area contributed by atoms with Gasteiger partial charge in [-0.05, 0) is 35.9 Å². The van der Waals surface area contributed by atoms with Crippen molar-refractivity contribution in [2.45, 2.75) is 6.42 Å². The summed E-state index contributed by atoms with van der Waals surface area (Å²) in [5.74, 6) is -0.867. The first-order valence-corrected chi connectivity index (χ1v) is 5.92. The maximum Gasteiger partial charge on any atom is 0.307 e. The van der Waals surface area contributed by atoms with Gasteiger partial charge in [0.05, 0.1) is 17.8 Å². The van der Waals surface area contributed by atoms with E-state index in [1.807, 2.05) is 0 Å². The number of nitrogens with zero attached hydrogens (tertiary/aromatic N) is 2. The minimum Gasteiger partial charge on any atom is -0.481 e. The van der Waals surface area contributed by atoms with Crippen LogP contribution in [0.4, 0.5) is 22.7 Å². The average Bonchev–Trinajstić information content (AvgIpc) is 2.39. The number of nitrogen functional groups attached to an aromatic ring is 2. The van der Waals surface area contributed by atoms with Crippen LogP contribution in [0.15, 0.2) is 52.7 Å². The second-order valence-electron chi connectivity index (χ2n) is 4.26. The third kappa shape index (κ3) is 3.55. The van der Waals surface area contributed by atoms with Gasteiger partial charge < -0.3 is 16.6 Å². The third-order valence-corrected chi connectivity index (χ3v) is 2.62. The van der Waals surface area contributed by atoms with Gasteiger partial charge in [-0.3, -0.25) is 4.79 Å². The molecule has 0 atom stereocenters. The van der Waals surface area contributed by atoms with Crippen LogP contribution in [0, 0.1) is 0 Å². The van der Waals surface area contributed by atoms with Crippen LogP contribution in [0.25, 0.3) is 0 Å². The quantitative estimate of drug-likeness (QED) is 0.585. The van der Waals surface area contributed by atoms with Gasteiger partial charge in [-0.15, -0.1) is 5.11 Å². The molecule has 0 radical (unpaired) electrons. The van der Waals surface area contributed by atoms with E-state index < -0.39 is 5.97 Å². The van der Waals surface area contributed by atoms with E-state index in [9.17, 15) is 4.79 Å². The highest BCUT2D eigenvalue weighted by atomic mass is 16.4. The summed E-state index contributed by atoms with van der Waals surface area (Å²) in [6, 6.07) is 11.8. The first kappa shape index (κ1) is 13.5. The summed E-state index contributed by atoms with van der Waals surface area (Å²) in [6.07, 6.45) is -0.0116. The van der Waals surface area contributed by atoms with Crippen LogP contribution in [0.3, 0.4) is 0 Å². The van der Waals surface area contributed by atoms with Gasteiger partial charge in [0.2, 0.25) is 0 Å². The Morgan fingerprint density at radius 1 is 1.05 bits per heavy atom. The van der Waals surface area contributed by atoms with Crippen LogP contribution in [-0.2, 0) is 11.2 Å². The van der Waals surface area contributed by atoms with Crippen molar-refractivity contribution in [1.82, 2.24) is 0 Å². The van der Waals surface area contributed by atoms with Crippen molar-refractivity contribution < 1.29 is 9.90 Å². The second kappa shape index (κ2) is 5.83. The molecule has 0 heterocycles. The van der Waals surface area contributed by atoms with E-state index in [-0.39, 0.29) is 6.42 Å². The molecule has 20 heavy (non-hydrogen) atoms. The molecule has 0 aliphatic carbocycles. The molecule has 5 N–H and O–H groups in total. The Kier molecular flexibility index (Phi) is 3.95. The van der Waals surface area contributed by atoms with Crippen molar-refractivity contribution >= 4 is 28.7 Å². The zero-order valence-electron chi connectivity index (χ0n) is 10.7. The second-order valence-corrected chi connectivity index (χ2v) is 4.26. The van der Waals surface area contributed by atoms with Crippen molar-refractivity contribution in [3.63, 3.8) is 0 Å². The SMILES string of the molecule is Nc1ccc(N=Nc2ccc(CC(=O)O)cc2)c(N)c1. The summed E-state index contributed by atoms with van der Waals surface area (Å²) in [6.45, 7) is 0. The molecule has 0 amide bonds. The molecule has 0 aromatic heterocycles. The predicted octanol–water partition coefficient (Wildman–Crippen LogP) is 2.89. The molecule has 0 unspecified atom stereocenters. The van der Waals surface area contributed by atoms with Crippen LogP contribution in [-0.4, -0.2) is 11.1 Å². The van der Waals surface area contributed by atoms with Gasteiger partial charge in [0.25, 0.3) is 0 Å². The van der Waals surface area contributed by atoms with E-state index in [1.54, 1.807) is 42.5 Å². The summed E-state index contributed by atoms with van der Waals surface area (Å²) in [4.78, 5) is 10.6. The van der Waals surface area contributed by atoms with Crippen molar-refractivity contribution in [1.29, 1.82) is 0 Å². The molecule has 2 rings (SSSR count). The lowest BCUT2D eigenvalue weighted by Gasteiger charge is -2.00. The largest absolute Gasteiger partial charge is 0.481 e. The van der Waals surface area contributed by atoms with E-state index in [4.69, 9.17) is 16.6 Å². The normalized spacial score (nSPS) is 10.8. The smallest absolute Gasteiger partial charge is 0.307 e. The van der Waals surface area contributed by atoms with Crippen LogP contribution in [0.2, 0.25) is 0 Å². The molecule has 6 heteroatoms. The summed E-state index contributed by atoms with van der Waals surface area (Å²) < 4.78 is 0. The molecule has 6 nitrogen and oxygen atoms in total. The molecule has 0 aliphatic heterocycles. The van der Waals surface area contributed by atoms with Crippen molar-refractivity contribution in [2.75, 3.05) is 11.5 Å². The van der Waals surface area contributed by atoms with Crippen LogP contribution in [0.1, 0.15) is 5.56 Å². The van der Waals surface area contributed by atoms with E-state index >= 15 is 0 Å². The van der Waals surface area contributed by atoms with E-state index in [0.717, 1.165) is 0 Å². The lowest BCUT2D eigenvalue weighted by molar-refractivity contribution is -0.136. The fourth-order valence-electron chi connectivity index (χ4n) is 1.63. The number of aliphatic carboxylic acids is 1. The van der Waals surface area contributed by atoms with E-state index in [2.05, 4.69) is 10.2 Å². The van der Waals surface area contributed by atoms with E-state index in [0.29, 0.717) is 28.3 Å². The number of carbonyl (C=O) groups is 1. The standard InChI is InChI=1S/C14H14N4O2/c15-10-3-6-13(12(16)8-10)18-17-11-4-1-9(2-5-11)7-14(19)20/h1-6,8H,7,15-16H2,(H,19,20). The Morgan fingerprint density at radius 2 is 1.75 bits per heavy atom. The minimum absolute atomic E-state index is 0.0116.